The number of carboxylic acids is 1. The highest BCUT2D eigenvalue weighted by Gasteiger charge is 2.26. The second kappa shape index (κ2) is 5.44. The van der Waals surface area contributed by atoms with Crippen LogP contribution in [0.4, 0.5) is 14.6 Å². The number of nitrogens with zero attached hydrogens (tertiary/aromatic N) is 1. The van der Waals surface area contributed by atoms with E-state index in [1.807, 2.05) is 0 Å². The first kappa shape index (κ1) is 14.9. The maximum Gasteiger partial charge on any atom is 0.339 e. The maximum atomic E-state index is 13.5. The lowest BCUT2D eigenvalue weighted by atomic mass is 10.3. The number of nitrogens with one attached hydrogen (secondary N) is 1. The van der Waals surface area contributed by atoms with E-state index in [0.29, 0.717) is 0 Å². The van der Waals surface area contributed by atoms with E-state index in [9.17, 15) is 22.0 Å². The van der Waals surface area contributed by atoms with E-state index >= 15 is 0 Å². The van der Waals surface area contributed by atoms with E-state index in [0.717, 1.165) is 30.5 Å². The van der Waals surface area contributed by atoms with Crippen molar-refractivity contribution < 1.29 is 27.1 Å². The summed E-state index contributed by atoms with van der Waals surface area (Å²) in [6, 6.07) is 4.94. The molecule has 0 saturated heterocycles. The number of hydrogen-bond acceptors (Lipinski definition) is 4. The second-order valence-corrected chi connectivity index (χ2v) is 5.48. The number of carboxylic acid groups (broad SMARTS) is 1. The minimum absolute atomic E-state index is 0.446. The lowest BCUT2D eigenvalue weighted by Crippen LogP contribution is -2.19. The molecule has 0 fully saturated rings. The summed E-state index contributed by atoms with van der Waals surface area (Å²) in [5, 5.41) is 8.92. The molecule has 0 aliphatic carbocycles. The number of aromatic nitrogens is 1. The van der Waals surface area contributed by atoms with Crippen molar-refractivity contribution in [2.45, 2.75) is 4.90 Å². The Morgan fingerprint density at radius 3 is 2.33 bits per heavy atom. The summed E-state index contributed by atoms with van der Waals surface area (Å²) in [7, 11) is -4.66. The molecule has 0 bridgehead atoms. The van der Waals surface area contributed by atoms with E-state index in [4.69, 9.17) is 5.11 Å². The number of sulfonamides is 1. The third kappa shape index (κ3) is 2.97. The zero-order valence-electron chi connectivity index (χ0n) is 10.2. The number of benzene rings is 1. The third-order valence-corrected chi connectivity index (χ3v) is 3.85. The summed E-state index contributed by atoms with van der Waals surface area (Å²) in [5.74, 6) is -4.56. The average Bonchev–Trinajstić information content (AvgIpc) is 2.37. The highest BCUT2D eigenvalue weighted by Crippen LogP contribution is 2.22. The molecule has 9 heteroatoms. The van der Waals surface area contributed by atoms with Crippen LogP contribution in [0.3, 0.4) is 0 Å². The van der Waals surface area contributed by atoms with Crippen LogP contribution >= 0.6 is 0 Å². The molecule has 0 saturated carbocycles. The molecular weight excluding hydrogens is 306 g/mol. The van der Waals surface area contributed by atoms with E-state index in [1.165, 1.54) is 6.07 Å². The Bertz CT molecular complexity index is 788. The Morgan fingerprint density at radius 2 is 1.76 bits per heavy atom. The van der Waals surface area contributed by atoms with Gasteiger partial charge in [0.05, 0.1) is 0 Å². The predicted molar refractivity (Wildman–Crippen MR) is 68.4 cm³/mol. The van der Waals surface area contributed by atoms with Crippen LogP contribution in [-0.2, 0) is 10.0 Å². The molecule has 1 heterocycles. The molecule has 1 aromatic carbocycles. The number of carbonyl (C=O) groups is 1. The molecule has 110 valence electrons. The molecule has 6 nitrogen and oxygen atoms in total. The molecule has 2 rings (SSSR count). The van der Waals surface area contributed by atoms with Gasteiger partial charge in [0.2, 0.25) is 0 Å². The van der Waals surface area contributed by atoms with Crippen molar-refractivity contribution in [2.75, 3.05) is 4.72 Å². The summed E-state index contributed by atoms with van der Waals surface area (Å²) in [5.41, 5.74) is -0.446. The lowest BCUT2D eigenvalue weighted by molar-refractivity contribution is 0.0697. The number of halogens is 2. The van der Waals surface area contributed by atoms with Crippen LogP contribution in [0.5, 0.6) is 0 Å². The standard InChI is InChI=1S/C12H8F2N2O4S/c13-8-4-1-5-9(14)10(8)21(19,20)16-11-7(12(17)18)3-2-6-15-11/h1-6H,(H,15,16)(H,17,18). The zero-order chi connectivity index (χ0) is 15.6. The molecule has 0 amide bonds. The van der Waals surface area contributed by atoms with Gasteiger partial charge in [0.25, 0.3) is 10.0 Å². The highest BCUT2D eigenvalue weighted by atomic mass is 32.2. The van der Waals surface area contributed by atoms with Crippen molar-refractivity contribution >= 4 is 21.8 Å². The number of anilines is 1. The van der Waals surface area contributed by atoms with Gasteiger partial charge in [-0.2, -0.15) is 0 Å². The first-order valence-electron chi connectivity index (χ1n) is 5.48. The van der Waals surface area contributed by atoms with Gasteiger partial charge in [-0.1, -0.05) is 6.07 Å². The Hall–Kier alpha value is -2.55. The quantitative estimate of drug-likeness (QED) is 0.898. The molecule has 0 unspecified atom stereocenters. The smallest absolute Gasteiger partial charge is 0.339 e. The van der Waals surface area contributed by atoms with Gasteiger partial charge in [-0.25, -0.2) is 27.0 Å². The fourth-order valence-corrected chi connectivity index (χ4v) is 2.75. The summed E-state index contributed by atoms with van der Waals surface area (Å²) < 4.78 is 52.8. The van der Waals surface area contributed by atoms with Crippen LogP contribution in [-0.4, -0.2) is 24.5 Å². The van der Waals surface area contributed by atoms with Gasteiger partial charge >= 0.3 is 5.97 Å². The second-order valence-electron chi connectivity index (χ2n) is 3.86. The first-order valence-corrected chi connectivity index (χ1v) is 6.96. The first-order chi connectivity index (χ1) is 9.83. The van der Waals surface area contributed by atoms with Gasteiger partial charge in [0, 0.05) is 6.20 Å². The number of pyridine rings is 1. The Kier molecular flexibility index (Phi) is 3.85. The molecule has 0 atom stereocenters. The van der Waals surface area contributed by atoms with Crippen molar-refractivity contribution in [1.82, 2.24) is 4.98 Å². The Morgan fingerprint density at radius 1 is 1.14 bits per heavy atom. The molecule has 2 aromatic rings. The Labute approximate surface area is 118 Å². The van der Waals surface area contributed by atoms with Crippen LogP contribution in [0.15, 0.2) is 41.4 Å². The van der Waals surface area contributed by atoms with E-state index in [1.54, 1.807) is 4.72 Å². The molecule has 0 spiro atoms. The highest BCUT2D eigenvalue weighted by molar-refractivity contribution is 7.92. The van der Waals surface area contributed by atoms with Crippen LogP contribution < -0.4 is 4.72 Å². The third-order valence-electron chi connectivity index (χ3n) is 2.46. The van der Waals surface area contributed by atoms with Gasteiger partial charge < -0.3 is 5.11 Å². The van der Waals surface area contributed by atoms with Gasteiger partial charge in [-0.3, -0.25) is 4.72 Å². The molecule has 21 heavy (non-hydrogen) atoms. The Balaban J connectivity index is 2.51. The zero-order valence-corrected chi connectivity index (χ0v) is 11.1. The minimum atomic E-state index is -4.66. The van der Waals surface area contributed by atoms with E-state index < -0.39 is 43.9 Å². The van der Waals surface area contributed by atoms with E-state index in [-0.39, 0.29) is 0 Å². The molecule has 0 radical (unpaired) electrons. The van der Waals surface area contributed by atoms with Crippen molar-refractivity contribution in [3.63, 3.8) is 0 Å². The fourth-order valence-electron chi connectivity index (χ4n) is 1.58. The van der Waals surface area contributed by atoms with Gasteiger partial charge in [0.1, 0.15) is 17.2 Å². The van der Waals surface area contributed by atoms with Crippen LogP contribution in [0.2, 0.25) is 0 Å². The average molecular weight is 314 g/mol. The summed E-state index contributed by atoms with van der Waals surface area (Å²) in [6.07, 6.45) is 1.14. The van der Waals surface area contributed by atoms with Crippen molar-refractivity contribution in [2.24, 2.45) is 0 Å². The van der Waals surface area contributed by atoms with Crippen LogP contribution in [0.25, 0.3) is 0 Å². The maximum absolute atomic E-state index is 13.5. The minimum Gasteiger partial charge on any atom is -0.478 e. The fraction of sp³-hybridized carbons (Fsp3) is 0. The summed E-state index contributed by atoms with van der Waals surface area (Å²) in [4.78, 5) is 13.3. The van der Waals surface area contributed by atoms with Crippen molar-refractivity contribution in [1.29, 1.82) is 0 Å². The normalized spacial score (nSPS) is 11.1. The predicted octanol–water partition coefficient (Wildman–Crippen LogP) is 1.86. The molecule has 2 N–H and O–H groups in total. The molecule has 1 aromatic heterocycles. The lowest BCUT2D eigenvalue weighted by Gasteiger charge is -2.10. The molecule has 0 aliphatic heterocycles. The molecular formula is C12H8F2N2O4S. The summed E-state index contributed by atoms with van der Waals surface area (Å²) in [6.45, 7) is 0. The van der Waals surface area contributed by atoms with Gasteiger partial charge in [-0.05, 0) is 24.3 Å². The van der Waals surface area contributed by atoms with Crippen molar-refractivity contribution in [3.05, 3.63) is 53.7 Å². The topological polar surface area (TPSA) is 96.4 Å². The van der Waals surface area contributed by atoms with Gasteiger partial charge in [-0.15, -0.1) is 0 Å². The van der Waals surface area contributed by atoms with E-state index in [2.05, 4.69) is 4.98 Å². The SMILES string of the molecule is O=C(O)c1cccnc1NS(=O)(=O)c1c(F)cccc1F. The number of rotatable bonds is 4. The van der Waals surface area contributed by atoms with Gasteiger partial charge in [0.15, 0.2) is 10.7 Å². The van der Waals surface area contributed by atoms with Crippen LogP contribution in [0.1, 0.15) is 10.4 Å². The van der Waals surface area contributed by atoms with Crippen molar-refractivity contribution in [3.8, 4) is 0 Å². The largest absolute Gasteiger partial charge is 0.478 e. The van der Waals surface area contributed by atoms with Crippen LogP contribution in [0, 0.1) is 11.6 Å². The monoisotopic (exact) mass is 314 g/mol. The molecule has 0 aliphatic rings. The number of aromatic carboxylic acids is 1. The summed E-state index contributed by atoms with van der Waals surface area (Å²) >= 11 is 0. The number of hydrogen-bond donors (Lipinski definition) is 2.